The van der Waals surface area contributed by atoms with E-state index in [1.165, 1.54) is 0 Å². The van der Waals surface area contributed by atoms with Crippen LogP contribution in [-0.2, 0) is 24.3 Å². The molecule has 0 aliphatic rings. The summed E-state index contributed by atoms with van der Waals surface area (Å²) in [5, 5.41) is 10.2. The Morgan fingerprint density at radius 2 is 2.18 bits per heavy atom. The van der Waals surface area contributed by atoms with Crippen molar-refractivity contribution in [1.29, 1.82) is 0 Å². The molecule has 0 bridgehead atoms. The summed E-state index contributed by atoms with van der Waals surface area (Å²) in [6.07, 6.45) is 0.899. The number of halogens is 1. The van der Waals surface area contributed by atoms with Crippen LogP contribution in [0.25, 0.3) is 0 Å². The average molecular weight is 303 g/mol. The van der Waals surface area contributed by atoms with Crippen molar-refractivity contribution in [3.63, 3.8) is 0 Å². The second kappa shape index (κ2) is 6.76. The molecule has 0 aliphatic heterocycles. The molecule has 1 amide bonds. The summed E-state index contributed by atoms with van der Waals surface area (Å²) >= 11 is 3.56. The number of likely N-dealkylation sites (N-methyl/N-ethyl adjacent to an activating group) is 1. The molecular formula is C11H19BrN4O. The van der Waals surface area contributed by atoms with E-state index in [9.17, 15) is 4.79 Å². The number of nitrogens with one attached hydrogen (secondary N) is 2. The van der Waals surface area contributed by atoms with Crippen LogP contribution in [0, 0.1) is 0 Å². The van der Waals surface area contributed by atoms with Crippen molar-refractivity contribution in [2.75, 3.05) is 13.6 Å². The lowest BCUT2D eigenvalue weighted by molar-refractivity contribution is -0.119. The Hall–Kier alpha value is -0.880. The molecule has 96 valence electrons. The molecule has 1 aromatic rings. The smallest absolute Gasteiger partial charge is 0.233 e. The van der Waals surface area contributed by atoms with Gasteiger partial charge in [-0.05, 0) is 29.3 Å². The van der Waals surface area contributed by atoms with Crippen LogP contribution in [0.2, 0.25) is 0 Å². The van der Waals surface area contributed by atoms with Crippen LogP contribution < -0.4 is 10.6 Å². The maximum atomic E-state index is 11.1. The van der Waals surface area contributed by atoms with E-state index in [-0.39, 0.29) is 5.91 Å². The van der Waals surface area contributed by atoms with Gasteiger partial charge in [-0.3, -0.25) is 9.48 Å². The molecule has 0 fully saturated rings. The number of carbonyl (C=O) groups excluding carboxylic acids is 1. The number of nitrogens with zero attached hydrogens (tertiary/aromatic N) is 2. The zero-order valence-electron chi connectivity index (χ0n) is 10.5. The Labute approximate surface area is 110 Å². The van der Waals surface area contributed by atoms with Gasteiger partial charge in [-0.1, -0.05) is 6.92 Å². The highest BCUT2D eigenvalue weighted by Gasteiger charge is 2.13. The number of aryl methyl sites for hydroxylation is 2. The van der Waals surface area contributed by atoms with Gasteiger partial charge >= 0.3 is 0 Å². The topological polar surface area (TPSA) is 59.0 Å². The fraction of sp³-hybridized carbons (Fsp3) is 0.636. The Kier molecular flexibility index (Phi) is 5.64. The fourth-order valence-corrected chi connectivity index (χ4v) is 2.27. The molecule has 1 heterocycles. The minimum absolute atomic E-state index is 0.0144. The van der Waals surface area contributed by atoms with Crippen molar-refractivity contribution < 1.29 is 4.79 Å². The number of aromatic nitrogens is 2. The van der Waals surface area contributed by atoms with Crippen molar-refractivity contribution in [2.45, 2.75) is 33.4 Å². The van der Waals surface area contributed by atoms with Crippen LogP contribution in [0.1, 0.15) is 25.2 Å². The highest BCUT2D eigenvalue weighted by atomic mass is 79.9. The van der Waals surface area contributed by atoms with Crippen LogP contribution in [0.5, 0.6) is 0 Å². The zero-order chi connectivity index (χ0) is 12.8. The minimum atomic E-state index is -0.0144. The van der Waals surface area contributed by atoms with E-state index >= 15 is 0 Å². The van der Waals surface area contributed by atoms with Gasteiger partial charge in [0.2, 0.25) is 5.91 Å². The Morgan fingerprint density at radius 1 is 1.47 bits per heavy atom. The molecule has 2 N–H and O–H groups in total. The van der Waals surface area contributed by atoms with E-state index in [0.717, 1.165) is 28.8 Å². The van der Waals surface area contributed by atoms with Crippen molar-refractivity contribution in [3.8, 4) is 0 Å². The van der Waals surface area contributed by atoms with Gasteiger partial charge < -0.3 is 10.6 Å². The van der Waals surface area contributed by atoms with Gasteiger partial charge in [0.05, 0.1) is 22.4 Å². The lowest BCUT2D eigenvalue weighted by atomic mass is 10.3. The average Bonchev–Trinajstić information content (AvgIpc) is 2.65. The zero-order valence-corrected chi connectivity index (χ0v) is 12.1. The van der Waals surface area contributed by atoms with Crippen LogP contribution in [-0.4, -0.2) is 29.3 Å². The molecule has 0 atom stereocenters. The summed E-state index contributed by atoms with van der Waals surface area (Å²) in [6.45, 7) is 5.92. The molecule has 1 aromatic heterocycles. The van der Waals surface area contributed by atoms with Crippen LogP contribution >= 0.6 is 15.9 Å². The first kappa shape index (κ1) is 14.2. The van der Waals surface area contributed by atoms with Crippen molar-refractivity contribution in [1.82, 2.24) is 20.4 Å². The van der Waals surface area contributed by atoms with Crippen molar-refractivity contribution in [3.05, 3.63) is 15.9 Å². The molecular weight excluding hydrogens is 284 g/mol. The van der Waals surface area contributed by atoms with Gasteiger partial charge in [-0.2, -0.15) is 5.10 Å². The molecule has 5 nitrogen and oxygen atoms in total. The Bertz CT molecular complexity index is 389. The first-order chi connectivity index (χ1) is 8.13. The summed E-state index contributed by atoms with van der Waals surface area (Å²) in [5.41, 5.74) is 2.15. The third-order valence-electron chi connectivity index (χ3n) is 2.55. The normalized spacial score (nSPS) is 10.6. The molecule has 6 heteroatoms. The van der Waals surface area contributed by atoms with Crippen LogP contribution in [0.4, 0.5) is 0 Å². The molecule has 0 radical (unpaired) electrons. The summed E-state index contributed by atoms with van der Waals surface area (Å²) < 4.78 is 3.01. The molecule has 0 unspecified atom stereocenters. The molecule has 17 heavy (non-hydrogen) atoms. The van der Waals surface area contributed by atoms with E-state index in [1.54, 1.807) is 7.05 Å². The fourth-order valence-electron chi connectivity index (χ4n) is 1.57. The van der Waals surface area contributed by atoms with Gasteiger partial charge in [0, 0.05) is 20.1 Å². The third-order valence-corrected chi connectivity index (χ3v) is 3.47. The maximum Gasteiger partial charge on any atom is 0.233 e. The van der Waals surface area contributed by atoms with Crippen molar-refractivity contribution >= 4 is 21.8 Å². The summed E-state index contributed by atoms with van der Waals surface area (Å²) in [7, 11) is 1.63. The molecule has 0 spiro atoms. The van der Waals surface area contributed by atoms with E-state index in [4.69, 9.17) is 0 Å². The number of hydrogen-bond donors (Lipinski definition) is 2. The van der Waals surface area contributed by atoms with Gasteiger partial charge in [-0.25, -0.2) is 0 Å². The summed E-state index contributed by atoms with van der Waals surface area (Å²) in [4.78, 5) is 11.1. The SMILES string of the molecule is CCc1nn(CC)c(CNCC(=O)NC)c1Br. The van der Waals surface area contributed by atoms with Gasteiger partial charge in [0.15, 0.2) is 0 Å². The van der Waals surface area contributed by atoms with Crippen molar-refractivity contribution in [2.24, 2.45) is 0 Å². The molecule has 0 aliphatic carbocycles. The Balaban J connectivity index is 2.69. The minimum Gasteiger partial charge on any atom is -0.358 e. The predicted molar refractivity (Wildman–Crippen MR) is 70.8 cm³/mol. The maximum absolute atomic E-state index is 11.1. The number of rotatable bonds is 6. The number of carbonyl (C=O) groups is 1. The molecule has 0 saturated heterocycles. The highest BCUT2D eigenvalue weighted by molar-refractivity contribution is 9.10. The summed E-state index contributed by atoms with van der Waals surface area (Å²) in [6, 6.07) is 0. The first-order valence-electron chi connectivity index (χ1n) is 5.79. The molecule has 0 aromatic carbocycles. The second-order valence-corrected chi connectivity index (χ2v) is 4.45. The van der Waals surface area contributed by atoms with E-state index in [0.29, 0.717) is 13.1 Å². The standard InChI is InChI=1S/C11H19BrN4O/c1-4-8-11(12)9(16(5-2)15-8)6-14-7-10(17)13-3/h14H,4-7H2,1-3H3,(H,13,17). The van der Waals surface area contributed by atoms with Gasteiger partial charge in [0.25, 0.3) is 0 Å². The first-order valence-corrected chi connectivity index (χ1v) is 6.58. The van der Waals surface area contributed by atoms with Gasteiger partial charge in [0.1, 0.15) is 0 Å². The van der Waals surface area contributed by atoms with E-state index in [1.807, 2.05) is 4.68 Å². The molecule has 1 rings (SSSR count). The van der Waals surface area contributed by atoms with Crippen LogP contribution in [0.15, 0.2) is 4.47 Å². The lowest BCUT2D eigenvalue weighted by Crippen LogP contribution is -2.31. The predicted octanol–water partition coefficient (Wildman–Crippen LogP) is 1.06. The van der Waals surface area contributed by atoms with Crippen LogP contribution in [0.3, 0.4) is 0 Å². The lowest BCUT2D eigenvalue weighted by Gasteiger charge is -2.06. The van der Waals surface area contributed by atoms with E-state index < -0.39 is 0 Å². The van der Waals surface area contributed by atoms with E-state index in [2.05, 4.69) is 45.5 Å². The molecule has 0 saturated carbocycles. The van der Waals surface area contributed by atoms with Gasteiger partial charge in [-0.15, -0.1) is 0 Å². The number of amides is 1. The third kappa shape index (κ3) is 3.54. The monoisotopic (exact) mass is 302 g/mol. The highest BCUT2D eigenvalue weighted by Crippen LogP contribution is 2.21. The summed E-state index contributed by atoms with van der Waals surface area (Å²) in [5.74, 6) is -0.0144. The number of hydrogen-bond acceptors (Lipinski definition) is 3. The second-order valence-electron chi connectivity index (χ2n) is 3.65. The largest absolute Gasteiger partial charge is 0.358 e. The Morgan fingerprint density at radius 3 is 2.71 bits per heavy atom. The quantitative estimate of drug-likeness (QED) is 0.826.